The molecule has 0 fully saturated rings. The number of aryl methyl sites for hydroxylation is 1. The Morgan fingerprint density at radius 1 is 1.29 bits per heavy atom. The molecule has 0 amide bonds. The van der Waals surface area contributed by atoms with E-state index in [2.05, 4.69) is 35.9 Å². The molecule has 0 aromatic carbocycles. The number of hydrogen-bond donors (Lipinski definition) is 1. The van der Waals surface area contributed by atoms with Crippen molar-refractivity contribution in [3.63, 3.8) is 0 Å². The molecule has 2 heterocycles. The van der Waals surface area contributed by atoms with Crippen molar-refractivity contribution in [1.29, 1.82) is 0 Å². The summed E-state index contributed by atoms with van der Waals surface area (Å²) >= 11 is 3.47. The molecule has 2 rings (SSSR count). The highest BCUT2D eigenvalue weighted by atomic mass is 35.5. The van der Waals surface area contributed by atoms with E-state index < -0.39 is 0 Å². The SMILES string of the molecule is Cc1ccc([C@H](N)c2ccsc2)s1.Cl. The molecule has 1 atom stereocenters. The smallest absolute Gasteiger partial charge is 0.0654 e. The number of nitrogens with two attached hydrogens (primary N) is 1. The zero-order chi connectivity index (χ0) is 9.26. The van der Waals surface area contributed by atoms with Crippen molar-refractivity contribution in [2.24, 2.45) is 5.73 Å². The van der Waals surface area contributed by atoms with Gasteiger partial charge < -0.3 is 5.73 Å². The molecule has 0 spiro atoms. The first-order valence-electron chi connectivity index (χ1n) is 4.11. The van der Waals surface area contributed by atoms with E-state index in [1.165, 1.54) is 15.3 Å². The van der Waals surface area contributed by atoms with Crippen LogP contribution in [-0.4, -0.2) is 0 Å². The van der Waals surface area contributed by atoms with Crippen LogP contribution in [-0.2, 0) is 0 Å². The second-order valence-electron chi connectivity index (χ2n) is 2.98. The largest absolute Gasteiger partial charge is 0.320 e. The van der Waals surface area contributed by atoms with Crippen LogP contribution < -0.4 is 5.73 Å². The van der Waals surface area contributed by atoms with Crippen molar-refractivity contribution in [2.45, 2.75) is 13.0 Å². The van der Waals surface area contributed by atoms with Gasteiger partial charge in [-0.3, -0.25) is 0 Å². The zero-order valence-corrected chi connectivity index (χ0v) is 10.2. The van der Waals surface area contributed by atoms with Crippen LogP contribution in [0, 0.1) is 6.92 Å². The molecule has 14 heavy (non-hydrogen) atoms. The summed E-state index contributed by atoms with van der Waals surface area (Å²) in [5.74, 6) is 0. The molecule has 2 N–H and O–H groups in total. The third kappa shape index (κ3) is 2.36. The van der Waals surface area contributed by atoms with Crippen molar-refractivity contribution in [2.75, 3.05) is 0 Å². The van der Waals surface area contributed by atoms with Crippen LogP contribution in [0.2, 0.25) is 0 Å². The lowest BCUT2D eigenvalue weighted by molar-refractivity contribution is 0.899. The number of hydrogen-bond acceptors (Lipinski definition) is 3. The molecular formula is C10H12ClNS2. The highest BCUT2D eigenvalue weighted by Crippen LogP contribution is 2.27. The lowest BCUT2D eigenvalue weighted by Gasteiger charge is -2.05. The van der Waals surface area contributed by atoms with Crippen molar-refractivity contribution in [3.8, 4) is 0 Å². The molecule has 1 nitrogen and oxygen atoms in total. The molecule has 0 bridgehead atoms. The molecule has 0 aliphatic rings. The zero-order valence-electron chi connectivity index (χ0n) is 7.77. The highest BCUT2D eigenvalue weighted by Gasteiger charge is 2.10. The van der Waals surface area contributed by atoms with Crippen LogP contribution in [0.15, 0.2) is 29.0 Å². The summed E-state index contributed by atoms with van der Waals surface area (Å²) in [5.41, 5.74) is 7.31. The summed E-state index contributed by atoms with van der Waals surface area (Å²) in [4.78, 5) is 2.57. The minimum Gasteiger partial charge on any atom is -0.320 e. The van der Waals surface area contributed by atoms with E-state index in [0.29, 0.717) is 0 Å². The third-order valence-electron chi connectivity index (χ3n) is 1.97. The molecule has 0 unspecified atom stereocenters. The summed E-state index contributed by atoms with van der Waals surface area (Å²) in [6.07, 6.45) is 0. The Labute approximate surface area is 98.0 Å². The van der Waals surface area contributed by atoms with Crippen molar-refractivity contribution in [3.05, 3.63) is 44.3 Å². The average molecular weight is 246 g/mol. The Bertz CT molecular complexity index is 380. The monoisotopic (exact) mass is 245 g/mol. The van der Waals surface area contributed by atoms with Gasteiger partial charge in [-0.25, -0.2) is 0 Å². The predicted molar refractivity (Wildman–Crippen MR) is 66.7 cm³/mol. The van der Waals surface area contributed by atoms with Gasteiger partial charge in [0.1, 0.15) is 0 Å². The summed E-state index contributed by atoms with van der Waals surface area (Å²) in [6, 6.07) is 6.38. The van der Waals surface area contributed by atoms with E-state index in [9.17, 15) is 0 Å². The summed E-state index contributed by atoms with van der Waals surface area (Å²) < 4.78 is 0. The van der Waals surface area contributed by atoms with Crippen LogP contribution in [0.5, 0.6) is 0 Å². The Kier molecular flexibility index (Phi) is 4.13. The number of halogens is 1. The first-order chi connectivity index (χ1) is 6.27. The number of rotatable bonds is 2. The van der Waals surface area contributed by atoms with E-state index in [4.69, 9.17) is 5.73 Å². The van der Waals surface area contributed by atoms with E-state index in [0.717, 1.165) is 0 Å². The van der Waals surface area contributed by atoms with E-state index in [1.54, 1.807) is 22.7 Å². The fourth-order valence-electron chi connectivity index (χ4n) is 1.24. The Morgan fingerprint density at radius 3 is 2.57 bits per heavy atom. The molecule has 0 saturated carbocycles. The normalized spacial score (nSPS) is 12.1. The van der Waals surface area contributed by atoms with Gasteiger partial charge in [-0.1, -0.05) is 0 Å². The van der Waals surface area contributed by atoms with Gasteiger partial charge >= 0.3 is 0 Å². The molecular weight excluding hydrogens is 234 g/mol. The lowest BCUT2D eigenvalue weighted by Crippen LogP contribution is -2.08. The molecule has 2 aromatic rings. The fourth-order valence-corrected chi connectivity index (χ4v) is 2.84. The maximum absolute atomic E-state index is 6.09. The molecule has 0 aliphatic carbocycles. The lowest BCUT2D eigenvalue weighted by atomic mass is 10.1. The quantitative estimate of drug-likeness (QED) is 0.860. The van der Waals surface area contributed by atoms with Gasteiger partial charge in [0.2, 0.25) is 0 Å². The second-order valence-corrected chi connectivity index (χ2v) is 5.08. The molecule has 4 heteroatoms. The van der Waals surface area contributed by atoms with Crippen molar-refractivity contribution in [1.82, 2.24) is 0 Å². The Hall–Kier alpha value is -0.350. The first kappa shape index (κ1) is 11.7. The molecule has 0 radical (unpaired) electrons. The van der Waals surface area contributed by atoms with Crippen LogP contribution >= 0.6 is 35.1 Å². The Morgan fingerprint density at radius 2 is 2.07 bits per heavy atom. The minimum absolute atomic E-state index is 0. The Balaban J connectivity index is 0.000000980. The van der Waals surface area contributed by atoms with Crippen molar-refractivity contribution >= 4 is 35.1 Å². The van der Waals surface area contributed by atoms with Gasteiger partial charge in [-0.15, -0.1) is 23.7 Å². The predicted octanol–water partition coefficient (Wildman–Crippen LogP) is 3.59. The van der Waals surface area contributed by atoms with Gasteiger partial charge in [0.05, 0.1) is 6.04 Å². The van der Waals surface area contributed by atoms with Gasteiger partial charge in [0, 0.05) is 9.75 Å². The van der Waals surface area contributed by atoms with E-state index >= 15 is 0 Å². The van der Waals surface area contributed by atoms with Crippen LogP contribution in [0.25, 0.3) is 0 Å². The first-order valence-corrected chi connectivity index (χ1v) is 5.87. The topological polar surface area (TPSA) is 26.0 Å². The van der Waals surface area contributed by atoms with Gasteiger partial charge in [-0.2, -0.15) is 11.3 Å². The fraction of sp³-hybridized carbons (Fsp3) is 0.200. The maximum Gasteiger partial charge on any atom is 0.0654 e. The maximum atomic E-state index is 6.09. The van der Waals surface area contributed by atoms with Gasteiger partial charge in [0.25, 0.3) is 0 Å². The molecule has 0 saturated heterocycles. The van der Waals surface area contributed by atoms with E-state index in [1.807, 2.05) is 0 Å². The standard InChI is InChI=1S/C10H11NS2.ClH/c1-7-2-3-9(13-7)10(11)8-4-5-12-6-8;/h2-6,10H,11H2,1H3;1H/t10-;/m1./s1. The number of thiophene rings is 2. The van der Waals surface area contributed by atoms with Crippen LogP contribution in [0.3, 0.4) is 0 Å². The summed E-state index contributed by atoms with van der Waals surface area (Å²) in [5, 5.41) is 4.18. The highest BCUT2D eigenvalue weighted by molar-refractivity contribution is 7.12. The van der Waals surface area contributed by atoms with Gasteiger partial charge in [-0.05, 0) is 41.4 Å². The average Bonchev–Trinajstić information content (AvgIpc) is 2.72. The second kappa shape index (κ2) is 4.94. The third-order valence-corrected chi connectivity index (χ3v) is 3.76. The molecule has 0 aliphatic heterocycles. The van der Waals surface area contributed by atoms with E-state index in [-0.39, 0.29) is 18.4 Å². The minimum atomic E-state index is 0. The summed E-state index contributed by atoms with van der Waals surface area (Å²) in [6.45, 7) is 2.11. The van der Waals surface area contributed by atoms with Crippen LogP contribution in [0.1, 0.15) is 21.4 Å². The van der Waals surface area contributed by atoms with Crippen molar-refractivity contribution < 1.29 is 0 Å². The van der Waals surface area contributed by atoms with Crippen LogP contribution in [0.4, 0.5) is 0 Å². The molecule has 76 valence electrons. The van der Waals surface area contributed by atoms with Gasteiger partial charge in [0.15, 0.2) is 0 Å². The summed E-state index contributed by atoms with van der Waals surface area (Å²) in [7, 11) is 0. The molecule has 2 aromatic heterocycles.